The highest BCUT2D eigenvalue weighted by Gasteiger charge is 2.80. The highest BCUT2D eigenvalue weighted by molar-refractivity contribution is 5.90. The molecule has 2 saturated heterocycles. The van der Waals surface area contributed by atoms with E-state index >= 15 is 0 Å². The number of methoxy groups -OCH3 is 1. The molecule has 2 heterocycles. The first-order valence-electron chi connectivity index (χ1n) is 9.72. The third-order valence-electron chi connectivity index (χ3n) is 6.35. The molecule has 2 fully saturated rings. The molecule has 7 nitrogen and oxygen atoms in total. The van der Waals surface area contributed by atoms with Gasteiger partial charge in [-0.3, -0.25) is 5.41 Å². The molecule has 154 valence electrons. The number of fused-ring (bicyclic) bond motifs is 2. The predicted molar refractivity (Wildman–Crippen MR) is 110 cm³/mol. The van der Waals surface area contributed by atoms with Gasteiger partial charge in [-0.05, 0) is 18.6 Å². The predicted octanol–water partition coefficient (Wildman–Crippen LogP) is 4.13. The maximum absolute atomic E-state index is 10.5. The number of hydrogen-bond acceptors (Lipinski definition) is 7. The fraction of sp³-hybridized carbons (Fsp3) is 0.333. The number of ether oxygens (including phenoxy) is 3. The molecule has 4 atom stereocenters. The van der Waals surface area contributed by atoms with E-state index in [1.54, 1.807) is 43.3 Å². The van der Waals surface area contributed by atoms with Gasteiger partial charge in [-0.25, -0.2) is 0 Å². The van der Waals surface area contributed by atoms with Gasteiger partial charge in [-0.1, -0.05) is 48.0 Å². The van der Waals surface area contributed by atoms with Gasteiger partial charge in [0.05, 0.1) is 31.2 Å². The molecule has 0 radical (unpaired) electrons. The van der Waals surface area contributed by atoms with Gasteiger partial charge in [-0.15, -0.1) is 0 Å². The van der Waals surface area contributed by atoms with Gasteiger partial charge in [-0.2, -0.15) is 15.8 Å². The van der Waals surface area contributed by atoms with Crippen molar-refractivity contribution in [1.29, 1.82) is 21.2 Å². The standard InChI is InChI=1S/C24H20N4O3/c1-15-8-10-16(11-9-15)20-23(12-25,13-26)24(14-27)19(22(2,30-20)31-21(24)28)17-6-4-5-7-18(17)29-3/h4-11,19-20,28H,1-3H3. The number of nitrogens with zero attached hydrogens (tertiary/aromatic N) is 3. The second-order valence-corrected chi connectivity index (χ2v) is 7.98. The van der Waals surface area contributed by atoms with Crippen LogP contribution in [0.25, 0.3) is 0 Å². The SMILES string of the molecule is COc1ccccc1C1C2(C)OC(=N)C1(C#N)C(C#N)(C#N)C(c1ccc(C)cc1)O2. The fourth-order valence-electron chi connectivity index (χ4n) is 4.90. The fourth-order valence-corrected chi connectivity index (χ4v) is 4.90. The second kappa shape index (κ2) is 6.84. The minimum atomic E-state index is -2.03. The van der Waals surface area contributed by atoms with Crippen molar-refractivity contribution >= 4 is 5.90 Å². The molecular weight excluding hydrogens is 392 g/mol. The van der Waals surface area contributed by atoms with Crippen molar-refractivity contribution < 1.29 is 14.2 Å². The lowest BCUT2D eigenvalue weighted by molar-refractivity contribution is -0.253. The molecule has 0 saturated carbocycles. The molecule has 0 aromatic heterocycles. The van der Waals surface area contributed by atoms with Crippen molar-refractivity contribution in [3.63, 3.8) is 0 Å². The number of para-hydroxylation sites is 1. The summed E-state index contributed by atoms with van der Waals surface area (Å²) in [7, 11) is 1.49. The van der Waals surface area contributed by atoms with Crippen LogP contribution in [0.15, 0.2) is 48.5 Å². The first-order chi connectivity index (χ1) is 14.8. The zero-order valence-electron chi connectivity index (χ0n) is 17.3. The summed E-state index contributed by atoms with van der Waals surface area (Å²) in [5.41, 5.74) is -1.84. The van der Waals surface area contributed by atoms with Crippen LogP contribution in [0.5, 0.6) is 5.75 Å². The summed E-state index contributed by atoms with van der Waals surface area (Å²) in [6.07, 6.45) is -1.10. The Kier molecular flexibility index (Phi) is 4.51. The third kappa shape index (κ3) is 2.43. The molecule has 4 rings (SSSR count). The van der Waals surface area contributed by atoms with Gasteiger partial charge in [0.25, 0.3) is 0 Å². The summed E-state index contributed by atoms with van der Waals surface area (Å²) < 4.78 is 17.7. The average molecular weight is 412 g/mol. The second-order valence-electron chi connectivity index (χ2n) is 7.98. The Morgan fingerprint density at radius 1 is 1.00 bits per heavy atom. The Hall–Kier alpha value is -3.86. The van der Waals surface area contributed by atoms with E-state index in [0.717, 1.165) is 5.56 Å². The molecule has 31 heavy (non-hydrogen) atoms. The van der Waals surface area contributed by atoms with Crippen molar-refractivity contribution in [3.8, 4) is 24.0 Å². The average Bonchev–Trinajstić information content (AvgIpc) is 2.96. The van der Waals surface area contributed by atoms with Gasteiger partial charge in [0.2, 0.25) is 17.1 Å². The highest BCUT2D eigenvalue weighted by atomic mass is 16.7. The van der Waals surface area contributed by atoms with E-state index in [1.807, 2.05) is 19.1 Å². The van der Waals surface area contributed by atoms with Crippen LogP contribution < -0.4 is 4.74 Å². The van der Waals surface area contributed by atoms with Crippen molar-refractivity contribution in [2.24, 2.45) is 10.8 Å². The third-order valence-corrected chi connectivity index (χ3v) is 6.35. The Morgan fingerprint density at radius 2 is 1.65 bits per heavy atom. The first kappa shape index (κ1) is 20.4. The highest BCUT2D eigenvalue weighted by Crippen LogP contribution is 2.70. The van der Waals surface area contributed by atoms with Crippen molar-refractivity contribution in [3.05, 3.63) is 65.2 Å². The van der Waals surface area contributed by atoms with Crippen LogP contribution in [-0.2, 0) is 9.47 Å². The molecule has 0 aliphatic carbocycles. The van der Waals surface area contributed by atoms with Crippen molar-refractivity contribution in [1.82, 2.24) is 0 Å². The molecule has 2 aromatic carbocycles. The van der Waals surface area contributed by atoms with E-state index in [4.69, 9.17) is 19.6 Å². The molecule has 7 heteroatoms. The van der Waals surface area contributed by atoms with Gasteiger partial charge >= 0.3 is 0 Å². The maximum Gasteiger partial charge on any atom is 0.219 e. The number of nitrogens with one attached hydrogen (secondary N) is 1. The van der Waals surface area contributed by atoms with Gasteiger partial charge < -0.3 is 14.2 Å². The van der Waals surface area contributed by atoms with Crippen LogP contribution >= 0.6 is 0 Å². The largest absolute Gasteiger partial charge is 0.496 e. The molecule has 2 bridgehead atoms. The van der Waals surface area contributed by atoms with Crippen LogP contribution in [0.1, 0.15) is 35.6 Å². The van der Waals surface area contributed by atoms with Crippen LogP contribution in [0.4, 0.5) is 0 Å². The summed E-state index contributed by atoms with van der Waals surface area (Å²) in [5.74, 6) is -2.40. The Labute approximate surface area is 180 Å². The lowest BCUT2D eigenvalue weighted by atomic mass is 9.52. The molecule has 0 amide bonds. The first-order valence-corrected chi connectivity index (χ1v) is 9.72. The normalized spacial score (nSPS) is 30.4. The minimum absolute atomic E-state index is 0.453. The van der Waals surface area contributed by atoms with E-state index in [0.29, 0.717) is 16.9 Å². The van der Waals surface area contributed by atoms with Crippen LogP contribution in [0.2, 0.25) is 0 Å². The number of benzene rings is 2. The molecule has 1 N–H and O–H groups in total. The lowest BCUT2D eigenvalue weighted by Gasteiger charge is -2.49. The summed E-state index contributed by atoms with van der Waals surface area (Å²) in [6.45, 7) is 3.56. The number of hydrogen-bond donors (Lipinski definition) is 1. The number of aryl methyl sites for hydroxylation is 1. The van der Waals surface area contributed by atoms with Crippen molar-refractivity contribution in [2.75, 3.05) is 7.11 Å². The molecule has 4 unspecified atom stereocenters. The Bertz CT molecular complexity index is 1170. The van der Waals surface area contributed by atoms with Crippen LogP contribution in [-0.4, -0.2) is 18.8 Å². The van der Waals surface area contributed by atoms with Crippen molar-refractivity contribution in [2.45, 2.75) is 31.7 Å². The maximum atomic E-state index is 10.5. The topological polar surface area (TPSA) is 123 Å². The molecule has 2 aromatic rings. The molecule has 2 aliphatic heterocycles. The smallest absolute Gasteiger partial charge is 0.219 e. The summed E-state index contributed by atoms with van der Waals surface area (Å²) >= 11 is 0. The van der Waals surface area contributed by atoms with Gasteiger partial charge in [0.1, 0.15) is 11.9 Å². The van der Waals surface area contributed by atoms with E-state index < -0.39 is 34.5 Å². The quantitative estimate of drug-likeness (QED) is 0.809. The molecular formula is C24H20N4O3. The van der Waals surface area contributed by atoms with Gasteiger partial charge in [0.15, 0.2) is 5.41 Å². The van der Waals surface area contributed by atoms with E-state index in [2.05, 4.69) is 18.2 Å². The molecule has 2 aliphatic rings. The zero-order chi connectivity index (χ0) is 22.4. The van der Waals surface area contributed by atoms with Crippen LogP contribution in [0.3, 0.4) is 0 Å². The van der Waals surface area contributed by atoms with E-state index in [-0.39, 0.29) is 0 Å². The van der Waals surface area contributed by atoms with Gasteiger partial charge in [0, 0.05) is 12.5 Å². The minimum Gasteiger partial charge on any atom is -0.496 e. The number of nitriles is 3. The lowest BCUT2D eigenvalue weighted by Crippen LogP contribution is -2.57. The monoisotopic (exact) mass is 412 g/mol. The Balaban J connectivity index is 2.05. The summed E-state index contributed by atoms with van der Waals surface area (Å²) in [5, 5.41) is 39.8. The Morgan fingerprint density at radius 3 is 2.23 bits per heavy atom. The summed E-state index contributed by atoms with van der Waals surface area (Å²) in [6, 6.07) is 20.5. The number of rotatable bonds is 3. The van der Waals surface area contributed by atoms with E-state index in [9.17, 15) is 15.8 Å². The zero-order valence-corrected chi connectivity index (χ0v) is 17.3. The van der Waals surface area contributed by atoms with Crippen LogP contribution in [0, 0.1) is 57.2 Å². The molecule has 0 spiro atoms. The van der Waals surface area contributed by atoms with E-state index in [1.165, 1.54) is 7.11 Å². The summed E-state index contributed by atoms with van der Waals surface area (Å²) in [4.78, 5) is 0.